The van der Waals surface area contributed by atoms with Crippen LogP contribution in [0.1, 0.15) is 39.0 Å². The Kier molecular flexibility index (Phi) is 4.64. The molecule has 0 spiro atoms. The fourth-order valence-corrected chi connectivity index (χ4v) is 2.10. The minimum atomic E-state index is -0.108. The predicted molar refractivity (Wildman–Crippen MR) is 59.7 cm³/mol. The van der Waals surface area contributed by atoms with Crippen molar-refractivity contribution in [2.45, 2.75) is 39.0 Å². The monoisotopic (exact) mass is 194 g/mol. The van der Waals surface area contributed by atoms with Gasteiger partial charge in [-0.05, 0) is 37.3 Å². The Bertz CT molecular complexity index is 238. The van der Waals surface area contributed by atoms with Crippen LogP contribution in [0, 0.1) is 5.92 Å². The van der Waals surface area contributed by atoms with Crippen LogP contribution in [0.2, 0.25) is 0 Å². The first-order chi connectivity index (χ1) is 6.74. The smallest absolute Gasteiger partial charge is 0.0971 e. The van der Waals surface area contributed by atoms with Crippen molar-refractivity contribution in [1.82, 2.24) is 0 Å². The lowest BCUT2D eigenvalue weighted by Gasteiger charge is -2.22. The summed E-state index contributed by atoms with van der Waals surface area (Å²) in [7, 11) is 0. The molecule has 0 radical (unpaired) electrons. The van der Waals surface area contributed by atoms with E-state index >= 15 is 0 Å². The standard InChI is InChI=1S/C13H19F/c1-3-7-13(10-11(2)14)12-8-5-4-6-9-12/h3,7,10,12H,1,4-6,8-9H2,2H3/b11-10+,13-7+. The molecule has 0 nitrogen and oxygen atoms in total. The van der Waals surface area contributed by atoms with Gasteiger partial charge >= 0.3 is 0 Å². The summed E-state index contributed by atoms with van der Waals surface area (Å²) in [6.45, 7) is 5.17. The quantitative estimate of drug-likeness (QED) is 0.578. The third-order valence-electron chi connectivity index (χ3n) is 2.75. The van der Waals surface area contributed by atoms with Crippen LogP contribution in [0.5, 0.6) is 0 Å². The maximum atomic E-state index is 12.8. The van der Waals surface area contributed by atoms with Gasteiger partial charge in [-0.2, -0.15) is 0 Å². The molecule has 0 unspecified atom stereocenters. The average molecular weight is 194 g/mol. The van der Waals surface area contributed by atoms with E-state index in [2.05, 4.69) is 6.58 Å². The Morgan fingerprint density at radius 1 is 1.29 bits per heavy atom. The third-order valence-corrected chi connectivity index (χ3v) is 2.75. The molecule has 0 N–H and O–H groups in total. The van der Waals surface area contributed by atoms with Crippen LogP contribution in [0.3, 0.4) is 0 Å². The highest BCUT2D eigenvalue weighted by molar-refractivity contribution is 5.27. The Morgan fingerprint density at radius 2 is 1.93 bits per heavy atom. The van der Waals surface area contributed by atoms with E-state index in [1.54, 1.807) is 12.2 Å². The van der Waals surface area contributed by atoms with E-state index in [1.165, 1.54) is 39.0 Å². The van der Waals surface area contributed by atoms with Crippen LogP contribution in [0.4, 0.5) is 4.39 Å². The van der Waals surface area contributed by atoms with Crippen molar-refractivity contribution < 1.29 is 4.39 Å². The molecule has 0 atom stereocenters. The highest BCUT2D eigenvalue weighted by Crippen LogP contribution is 2.30. The van der Waals surface area contributed by atoms with E-state index in [9.17, 15) is 4.39 Å². The van der Waals surface area contributed by atoms with Crippen LogP contribution >= 0.6 is 0 Å². The summed E-state index contributed by atoms with van der Waals surface area (Å²) in [5.74, 6) is 0.441. The second-order valence-electron chi connectivity index (χ2n) is 3.97. The summed E-state index contributed by atoms with van der Waals surface area (Å²) in [4.78, 5) is 0. The van der Waals surface area contributed by atoms with Crippen LogP contribution in [0.15, 0.2) is 36.2 Å². The molecule has 0 aromatic carbocycles. The molecule has 0 aromatic rings. The van der Waals surface area contributed by atoms with Crippen molar-refractivity contribution in [3.05, 3.63) is 36.2 Å². The van der Waals surface area contributed by atoms with E-state index in [4.69, 9.17) is 0 Å². The summed E-state index contributed by atoms with van der Waals surface area (Å²) in [5.41, 5.74) is 1.11. The second-order valence-corrected chi connectivity index (χ2v) is 3.97. The fraction of sp³-hybridized carbons (Fsp3) is 0.538. The zero-order chi connectivity index (χ0) is 10.4. The van der Waals surface area contributed by atoms with Gasteiger partial charge in [-0.3, -0.25) is 0 Å². The van der Waals surface area contributed by atoms with Gasteiger partial charge in [0.2, 0.25) is 0 Å². The van der Waals surface area contributed by atoms with Gasteiger partial charge in [0, 0.05) is 0 Å². The zero-order valence-electron chi connectivity index (χ0n) is 8.93. The van der Waals surface area contributed by atoms with Gasteiger partial charge in [0.05, 0.1) is 5.83 Å². The normalized spacial score (nSPS) is 21.0. The molecule has 1 saturated carbocycles. The molecule has 1 fully saturated rings. The summed E-state index contributed by atoms with van der Waals surface area (Å²) < 4.78 is 12.8. The van der Waals surface area contributed by atoms with E-state index in [1.807, 2.05) is 6.08 Å². The molecule has 1 heteroatoms. The number of hydrogen-bond donors (Lipinski definition) is 0. The summed E-state index contributed by atoms with van der Waals surface area (Å²) in [6, 6.07) is 0. The Labute approximate surface area is 86.2 Å². The molecule has 0 heterocycles. The number of allylic oxidation sites excluding steroid dienone is 5. The van der Waals surface area contributed by atoms with Crippen molar-refractivity contribution in [3.8, 4) is 0 Å². The topological polar surface area (TPSA) is 0 Å². The molecular formula is C13H19F. The molecule has 1 aliphatic rings. The Balaban J connectivity index is 2.71. The van der Waals surface area contributed by atoms with Crippen molar-refractivity contribution >= 4 is 0 Å². The first kappa shape index (κ1) is 11.2. The van der Waals surface area contributed by atoms with E-state index in [-0.39, 0.29) is 5.83 Å². The van der Waals surface area contributed by atoms with Crippen LogP contribution < -0.4 is 0 Å². The molecule has 78 valence electrons. The highest BCUT2D eigenvalue weighted by Gasteiger charge is 2.15. The molecule has 0 aromatic heterocycles. The Hall–Kier alpha value is -0.850. The maximum Gasteiger partial charge on any atom is 0.0971 e. The maximum absolute atomic E-state index is 12.8. The lowest BCUT2D eigenvalue weighted by molar-refractivity contribution is 0.407. The first-order valence-electron chi connectivity index (χ1n) is 5.40. The SMILES string of the molecule is C=C/C=C(\C=C(/C)F)C1CCCCC1. The van der Waals surface area contributed by atoms with Gasteiger partial charge in [-0.25, -0.2) is 4.39 Å². The predicted octanol–water partition coefficient (Wildman–Crippen LogP) is 4.55. The van der Waals surface area contributed by atoms with Crippen molar-refractivity contribution in [2.24, 2.45) is 5.92 Å². The van der Waals surface area contributed by atoms with Gasteiger partial charge in [0.15, 0.2) is 0 Å². The average Bonchev–Trinajstić information content (AvgIpc) is 2.18. The van der Waals surface area contributed by atoms with Gasteiger partial charge in [-0.1, -0.05) is 38.0 Å². The molecule has 1 rings (SSSR count). The van der Waals surface area contributed by atoms with E-state index in [0.717, 1.165) is 5.57 Å². The second kappa shape index (κ2) is 5.79. The number of hydrogen-bond acceptors (Lipinski definition) is 0. The van der Waals surface area contributed by atoms with E-state index < -0.39 is 0 Å². The van der Waals surface area contributed by atoms with Gasteiger partial charge in [-0.15, -0.1) is 0 Å². The minimum absolute atomic E-state index is 0.108. The molecular weight excluding hydrogens is 175 g/mol. The molecule has 1 aliphatic carbocycles. The largest absolute Gasteiger partial charge is 0.212 e. The summed E-state index contributed by atoms with van der Waals surface area (Å²) >= 11 is 0. The van der Waals surface area contributed by atoms with Crippen LogP contribution in [-0.2, 0) is 0 Å². The summed E-state index contributed by atoms with van der Waals surface area (Å²) in [5, 5.41) is 0. The molecule has 0 bridgehead atoms. The van der Waals surface area contributed by atoms with Crippen LogP contribution in [0.25, 0.3) is 0 Å². The van der Waals surface area contributed by atoms with Crippen LogP contribution in [-0.4, -0.2) is 0 Å². The highest BCUT2D eigenvalue weighted by atomic mass is 19.1. The lowest BCUT2D eigenvalue weighted by Crippen LogP contribution is -2.08. The lowest BCUT2D eigenvalue weighted by atomic mass is 9.83. The van der Waals surface area contributed by atoms with E-state index in [0.29, 0.717) is 5.92 Å². The molecule has 0 amide bonds. The molecule has 0 saturated heterocycles. The van der Waals surface area contributed by atoms with Crippen molar-refractivity contribution in [2.75, 3.05) is 0 Å². The number of rotatable bonds is 3. The summed E-state index contributed by atoms with van der Waals surface area (Å²) in [6.07, 6.45) is 11.6. The van der Waals surface area contributed by atoms with Gasteiger partial charge in [0.1, 0.15) is 0 Å². The van der Waals surface area contributed by atoms with Crippen molar-refractivity contribution in [1.29, 1.82) is 0 Å². The third kappa shape index (κ3) is 3.49. The number of halogens is 1. The Morgan fingerprint density at radius 3 is 2.43 bits per heavy atom. The zero-order valence-corrected chi connectivity index (χ0v) is 8.93. The van der Waals surface area contributed by atoms with Gasteiger partial charge < -0.3 is 0 Å². The van der Waals surface area contributed by atoms with Gasteiger partial charge in [0.25, 0.3) is 0 Å². The fourth-order valence-electron chi connectivity index (χ4n) is 2.10. The van der Waals surface area contributed by atoms with Crippen molar-refractivity contribution in [3.63, 3.8) is 0 Å². The first-order valence-corrected chi connectivity index (χ1v) is 5.40. The molecule has 14 heavy (non-hydrogen) atoms. The molecule has 0 aliphatic heterocycles. The minimum Gasteiger partial charge on any atom is -0.212 e.